The zero-order valence-electron chi connectivity index (χ0n) is 15.1. The van der Waals surface area contributed by atoms with Crippen LogP contribution in [0.15, 0.2) is 42.5 Å². The fourth-order valence-corrected chi connectivity index (χ4v) is 2.99. The number of hydrogen-bond donors (Lipinski definition) is 1. The molecular weight excluding hydrogens is 368 g/mol. The Morgan fingerprint density at radius 1 is 1.15 bits per heavy atom. The highest BCUT2D eigenvalue weighted by molar-refractivity contribution is 7.99. The van der Waals surface area contributed by atoms with Gasteiger partial charge in [0.2, 0.25) is 0 Å². The lowest BCUT2D eigenvalue weighted by atomic mass is 10.2. The molecule has 0 aliphatic heterocycles. The summed E-state index contributed by atoms with van der Waals surface area (Å²) in [4.78, 5) is 33.8. The highest BCUT2D eigenvalue weighted by Crippen LogP contribution is 2.21. The van der Waals surface area contributed by atoms with Gasteiger partial charge in [0, 0.05) is 23.6 Å². The largest absolute Gasteiger partial charge is 0.455 e. The predicted molar refractivity (Wildman–Crippen MR) is 105 cm³/mol. The third-order valence-corrected chi connectivity index (χ3v) is 4.65. The molecule has 1 amide bonds. The lowest BCUT2D eigenvalue weighted by Crippen LogP contribution is -2.22. The zero-order valence-corrected chi connectivity index (χ0v) is 15.9. The molecule has 2 aromatic rings. The number of rotatable bonds is 8. The van der Waals surface area contributed by atoms with Gasteiger partial charge in [0.05, 0.1) is 10.7 Å². The van der Waals surface area contributed by atoms with Gasteiger partial charge in [-0.1, -0.05) is 29.8 Å². The summed E-state index contributed by atoms with van der Waals surface area (Å²) in [5.41, 5.74) is 3.23. The van der Waals surface area contributed by atoms with E-state index in [1.54, 1.807) is 6.92 Å². The molecule has 142 valence electrons. The zero-order chi connectivity index (χ0) is 19.8. The molecule has 0 fully saturated rings. The van der Waals surface area contributed by atoms with Gasteiger partial charge in [-0.3, -0.25) is 19.7 Å². The lowest BCUT2D eigenvalue weighted by Gasteiger charge is -2.09. The molecule has 0 aromatic heterocycles. The van der Waals surface area contributed by atoms with Crippen LogP contribution in [0.4, 0.5) is 11.4 Å². The van der Waals surface area contributed by atoms with Crippen molar-refractivity contribution in [3.8, 4) is 0 Å². The van der Waals surface area contributed by atoms with Crippen molar-refractivity contribution in [1.29, 1.82) is 0 Å². The van der Waals surface area contributed by atoms with Crippen molar-refractivity contribution in [3.63, 3.8) is 0 Å². The SMILES string of the molecule is Cc1ccc(CSCC(=O)OCC(=O)Nc2ccc([N+](=O)[O-])cc2C)cc1. The minimum absolute atomic E-state index is 0.0532. The van der Waals surface area contributed by atoms with E-state index >= 15 is 0 Å². The molecule has 7 nitrogen and oxygen atoms in total. The van der Waals surface area contributed by atoms with E-state index in [0.717, 1.165) is 5.56 Å². The van der Waals surface area contributed by atoms with Gasteiger partial charge in [-0.05, 0) is 31.0 Å². The number of amides is 1. The molecular formula is C19H20N2O5S. The molecule has 0 radical (unpaired) electrons. The van der Waals surface area contributed by atoms with Gasteiger partial charge in [0.15, 0.2) is 6.61 Å². The number of ether oxygens (including phenoxy) is 1. The first-order chi connectivity index (χ1) is 12.8. The minimum atomic E-state index is -0.505. The number of non-ortho nitro benzene ring substituents is 1. The summed E-state index contributed by atoms with van der Waals surface area (Å²) >= 11 is 1.41. The Bertz CT molecular complexity index is 836. The van der Waals surface area contributed by atoms with E-state index in [2.05, 4.69) is 5.32 Å². The van der Waals surface area contributed by atoms with Crippen LogP contribution < -0.4 is 5.32 Å². The second-order valence-corrected chi connectivity index (χ2v) is 6.93. The third kappa shape index (κ3) is 6.74. The Balaban J connectivity index is 1.72. The summed E-state index contributed by atoms with van der Waals surface area (Å²) in [7, 11) is 0. The highest BCUT2D eigenvalue weighted by atomic mass is 32.2. The second-order valence-electron chi connectivity index (χ2n) is 5.94. The number of esters is 1. The van der Waals surface area contributed by atoms with Crippen molar-refractivity contribution in [1.82, 2.24) is 0 Å². The van der Waals surface area contributed by atoms with Crippen LogP contribution in [0.2, 0.25) is 0 Å². The Morgan fingerprint density at radius 3 is 2.48 bits per heavy atom. The number of hydrogen-bond acceptors (Lipinski definition) is 6. The Kier molecular flexibility index (Phi) is 7.36. The van der Waals surface area contributed by atoms with Gasteiger partial charge in [-0.25, -0.2) is 0 Å². The monoisotopic (exact) mass is 388 g/mol. The Labute approximate surface area is 161 Å². The molecule has 0 saturated carbocycles. The van der Waals surface area contributed by atoms with Crippen LogP contribution >= 0.6 is 11.8 Å². The number of anilines is 1. The van der Waals surface area contributed by atoms with Crippen molar-refractivity contribution < 1.29 is 19.2 Å². The number of carbonyl (C=O) groups excluding carboxylic acids is 2. The van der Waals surface area contributed by atoms with Crippen LogP contribution in [-0.4, -0.2) is 29.2 Å². The van der Waals surface area contributed by atoms with Gasteiger partial charge in [0.25, 0.3) is 11.6 Å². The number of nitro benzene ring substituents is 1. The number of aryl methyl sites for hydroxylation is 2. The van der Waals surface area contributed by atoms with Gasteiger partial charge in [-0.2, -0.15) is 0 Å². The standard InChI is InChI=1S/C19H20N2O5S/c1-13-3-5-15(6-4-13)11-27-12-19(23)26-10-18(22)20-17-8-7-16(21(24)25)9-14(17)2/h3-9H,10-12H2,1-2H3,(H,20,22). The summed E-state index contributed by atoms with van der Waals surface area (Å²) in [5.74, 6) is -0.132. The summed E-state index contributed by atoms with van der Waals surface area (Å²) in [5, 5.41) is 13.3. The molecule has 0 heterocycles. The summed E-state index contributed by atoms with van der Waals surface area (Å²) in [6, 6.07) is 12.2. The number of benzene rings is 2. The quantitative estimate of drug-likeness (QED) is 0.421. The maximum atomic E-state index is 11.9. The van der Waals surface area contributed by atoms with Crippen molar-refractivity contribution in [2.45, 2.75) is 19.6 Å². The molecule has 2 rings (SSSR count). The molecule has 0 spiro atoms. The fourth-order valence-electron chi connectivity index (χ4n) is 2.21. The molecule has 0 bridgehead atoms. The Hall–Kier alpha value is -2.87. The van der Waals surface area contributed by atoms with E-state index in [1.807, 2.05) is 31.2 Å². The molecule has 0 atom stereocenters. The topological polar surface area (TPSA) is 98.5 Å². The third-order valence-electron chi connectivity index (χ3n) is 3.67. The average Bonchev–Trinajstić information content (AvgIpc) is 2.63. The summed E-state index contributed by atoms with van der Waals surface area (Å²) in [6.45, 7) is 3.26. The maximum Gasteiger partial charge on any atom is 0.316 e. The molecule has 1 N–H and O–H groups in total. The lowest BCUT2D eigenvalue weighted by molar-refractivity contribution is -0.384. The van der Waals surface area contributed by atoms with Crippen LogP contribution in [0.3, 0.4) is 0 Å². The van der Waals surface area contributed by atoms with Crippen molar-refractivity contribution in [2.24, 2.45) is 0 Å². The fraction of sp³-hybridized carbons (Fsp3) is 0.263. The number of nitrogens with zero attached hydrogens (tertiary/aromatic N) is 1. The Morgan fingerprint density at radius 2 is 1.85 bits per heavy atom. The number of thioether (sulfide) groups is 1. The van der Waals surface area contributed by atoms with E-state index in [0.29, 0.717) is 17.0 Å². The molecule has 27 heavy (non-hydrogen) atoms. The molecule has 0 aliphatic carbocycles. The number of carbonyl (C=O) groups is 2. The van der Waals surface area contributed by atoms with Gasteiger partial charge >= 0.3 is 5.97 Å². The van der Waals surface area contributed by atoms with Crippen molar-refractivity contribution >= 4 is 35.0 Å². The van der Waals surface area contributed by atoms with Crippen molar-refractivity contribution in [3.05, 3.63) is 69.3 Å². The summed E-state index contributed by atoms with van der Waals surface area (Å²) in [6.07, 6.45) is 0. The highest BCUT2D eigenvalue weighted by Gasteiger charge is 2.12. The van der Waals surface area contributed by atoms with Crippen LogP contribution in [0.5, 0.6) is 0 Å². The van der Waals surface area contributed by atoms with Crippen LogP contribution in [0.1, 0.15) is 16.7 Å². The van der Waals surface area contributed by atoms with Crippen LogP contribution in [0.25, 0.3) is 0 Å². The van der Waals surface area contributed by atoms with Gasteiger partial charge < -0.3 is 10.1 Å². The maximum absolute atomic E-state index is 11.9. The van der Waals surface area contributed by atoms with E-state index in [1.165, 1.54) is 35.5 Å². The smallest absolute Gasteiger partial charge is 0.316 e. The van der Waals surface area contributed by atoms with Crippen LogP contribution in [-0.2, 0) is 20.1 Å². The minimum Gasteiger partial charge on any atom is -0.455 e. The molecule has 8 heteroatoms. The first-order valence-electron chi connectivity index (χ1n) is 8.19. The second kappa shape index (κ2) is 9.72. The molecule has 0 saturated heterocycles. The predicted octanol–water partition coefficient (Wildman–Crippen LogP) is 3.63. The molecule has 0 aliphatic rings. The summed E-state index contributed by atoms with van der Waals surface area (Å²) < 4.78 is 4.95. The normalized spacial score (nSPS) is 10.3. The molecule has 2 aromatic carbocycles. The van der Waals surface area contributed by atoms with Crippen molar-refractivity contribution in [2.75, 3.05) is 17.7 Å². The van der Waals surface area contributed by atoms with E-state index in [-0.39, 0.29) is 11.4 Å². The first-order valence-corrected chi connectivity index (χ1v) is 9.34. The van der Waals surface area contributed by atoms with Crippen LogP contribution in [0, 0.1) is 24.0 Å². The number of nitrogens with one attached hydrogen (secondary N) is 1. The van der Waals surface area contributed by atoms with E-state index in [9.17, 15) is 19.7 Å². The van der Waals surface area contributed by atoms with Gasteiger partial charge in [0.1, 0.15) is 0 Å². The first kappa shape index (κ1) is 20.4. The van der Waals surface area contributed by atoms with E-state index < -0.39 is 23.4 Å². The van der Waals surface area contributed by atoms with Gasteiger partial charge in [-0.15, -0.1) is 11.8 Å². The molecule has 0 unspecified atom stereocenters. The number of nitro groups is 1. The van der Waals surface area contributed by atoms with E-state index in [4.69, 9.17) is 4.74 Å². The average molecular weight is 388 g/mol.